The van der Waals surface area contributed by atoms with Gasteiger partial charge in [-0.25, -0.2) is 8.42 Å². The first kappa shape index (κ1) is 50.4. The first-order chi connectivity index (χ1) is 25.2. The minimum atomic E-state index is -4.27. The predicted octanol–water partition coefficient (Wildman–Crippen LogP) is 4.61. The Morgan fingerprint density at radius 3 is 2.02 bits per heavy atom. The van der Waals surface area contributed by atoms with Crippen LogP contribution in [0, 0.1) is 16.2 Å². The van der Waals surface area contributed by atoms with Crippen molar-refractivity contribution >= 4 is 55.3 Å². The molecule has 3 unspecified atom stereocenters. The van der Waals surface area contributed by atoms with Crippen molar-refractivity contribution in [2.75, 3.05) is 78.1 Å². The molecule has 0 radical (unpaired) electrons. The molecule has 54 heavy (non-hydrogen) atoms. The third-order valence-electron chi connectivity index (χ3n) is 10.2. The molecule has 0 aromatic rings. The number of nitrogens with one attached hydrogen (secondary N) is 4. The Morgan fingerprint density at radius 2 is 1.39 bits per heavy atom. The minimum Gasteiger partial charge on any atom is -0.748 e. The van der Waals surface area contributed by atoms with Crippen LogP contribution >= 0.6 is 21.6 Å². The number of quaternary nitrogens is 1. The maximum absolute atomic E-state index is 14.1. The summed E-state index contributed by atoms with van der Waals surface area (Å²) >= 11 is 0. The van der Waals surface area contributed by atoms with Gasteiger partial charge in [0.05, 0.1) is 43.9 Å². The van der Waals surface area contributed by atoms with Crippen molar-refractivity contribution in [1.29, 1.82) is 0 Å². The van der Waals surface area contributed by atoms with E-state index >= 15 is 0 Å². The lowest BCUT2D eigenvalue weighted by Crippen LogP contribution is -2.51. The summed E-state index contributed by atoms with van der Waals surface area (Å²) in [7, 11) is 3.54. The van der Waals surface area contributed by atoms with Crippen LogP contribution in [-0.4, -0.2) is 124 Å². The SMILES string of the molecule is CCCOCCNC(=O)C(C)(CC)CC(C)(CC(C)(C)C(=O)NCCCNC(=O)CCCCC1CCSS1)C(=O)NCCC[N+](C)(C)CCCS(=O)(=O)[O-]. The maximum Gasteiger partial charge on any atom is 0.226 e. The zero-order valence-corrected chi connectivity index (χ0v) is 37.0. The van der Waals surface area contributed by atoms with Gasteiger partial charge in [0.15, 0.2) is 0 Å². The summed E-state index contributed by atoms with van der Waals surface area (Å²) in [5.41, 5.74) is -2.93. The number of unbranched alkanes of at least 4 members (excludes halogenated alkanes) is 1. The number of carbonyl (C=O) groups is 4. The van der Waals surface area contributed by atoms with Crippen LogP contribution in [0.1, 0.15) is 119 Å². The fraction of sp³-hybridized carbons (Fsp3) is 0.895. The lowest BCUT2D eigenvalue weighted by molar-refractivity contribution is -0.890. The molecule has 4 N–H and O–H groups in total. The lowest BCUT2D eigenvalue weighted by Gasteiger charge is -2.41. The number of hydrogen-bond donors (Lipinski definition) is 4. The highest BCUT2D eigenvalue weighted by molar-refractivity contribution is 8.77. The molecule has 3 atom stereocenters. The second-order valence-electron chi connectivity index (χ2n) is 16.7. The van der Waals surface area contributed by atoms with Gasteiger partial charge in [0.25, 0.3) is 0 Å². The molecular weight excluding hydrogens is 751 g/mol. The number of ether oxygens (including phenoxy) is 1. The molecule has 16 heteroatoms. The van der Waals surface area contributed by atoms with Crippen LogP contribution in [0.2, 0.25) is 0 Å². The first-order valence-corrected chi connectivity index (χ1v) is 23.9. The Labute approximate surface area is 334 Å². The average Bonchev–Trinajstić information content (AvgIpc) is 3.60. The van der Waals surface area contributed by atoms with E-state index in [4.69, 9.17) is 4.74 Å². The summed E-state index contributed by atoms with van der Waals surface area (Å²) in [4.78, 5) is 53.5. The zero-order valence-electron chi connectivity index (χ0n) is 34.6. The fourth-order valence-corrected chi connectivity index (χ4v) is 10.5. The Kier molecular flexibility index (Phi) is 23.3. The van der Waals surface area contributed by atoms with Crippen molar-refractivity contribution in [1.82, 2.24) is 21.3 Å². The van der Waals surface area contributed by atoms with Crippen molar-refractivity contribution in [2.45, 2.75) is 124 Å². The van der Waals surface area contributed by atoms with E-state index in [1.807, 2.05) is 77.2 Å². The topological polar surface area (TPSA) is 183 Å². The Hall–Kier alpha value is -1.59. The Balaban J connectivity index is 2.85. The van der Waals surface area contributed by atoms with E-state index in [9.17, 15) is 32.1 Å². The van der Waals surface area contributed by atoms with Gasteiger partial charge >= 0.3 is 0 Å². The van der Waals surface area contributed by atoms with Crippen molar-refractivity contribution in [3.63, 3.8) is 0 Å². The van der Waals surface area contributed by atoms with Gasteiger partial charge in [-0.2, -0.15) is 0 Å². The first-order valence-electron chi connectivity index (χ1n) is 19.9. The molecule has 316 valence electrons. The fourth-order valence-electron chi connectivity index (χ4n) is 6.97. The van der Waals surface area contributed by atoms with Crippen LogP contribution in [0.5, 0.6) is 0 Å². The molecule has 0 bridgehead atoms. The Morgan fingerprint density at radius 1 is 0.778 bits per heavy atom. The van der Waals surface area contributed by atoms with Gasteiger partial charge in [-0.3, -0.25) is 19.2 Å². The molecule has 4 amide bonds. The number of hydrogen-bond acceptors (Lipinski definition) is 10. The van der Waals surface area contributed by atoms with Crippen LogP contribution in [0.15, 0.2) is 0 Å². The summed E-state index contributed by atoms with van der Waals surface area (Å²) in [5, 5.41) is 12.7. The number of rotatable bonds is 30. The normalized spacial score (nSPS) is 17.3. The molecule has 1 rings (SSSR count). The smallest absolute Gasteiger partial charge is 0.226 e. The average molecular weight is 824 g/mol. The number of amides is 4. The number of carbonyl (C=O) groups excluding carboxylic acids is 4. The van der Waals surface area contributed by atoms with Crippen molar-refractivity contribution in [2.24, 2.45) is 16.2 Å². The highest BCUT2D eigenvalue weighted by Gasteiger charge is 2.47. The molecule has 0 saturated carbocycles. The molecule has 1 fully saturated rings. The number of nitrogens with zero attached hydrogens (tertiary/aromatic N) is 1. The summed E-state index contributed by atoms with van der Waals surface area (Å²) in [6.45, 7) is 15.0. The van der Waals surface area contributed by atoms with Gasteiger partial charge in [0, 0.05) is 85.0 Å². The maximum atomic E-state index is 14.1. The quantitative estimate of drug-likeness (QED) is 0.0346. The van der Waals surface area contributed by atoms with Crippen LogP contribution in [0.25, 0.3) is 0 Å². The van der Waals surface area contributed by atoms with E-state index in [1.165, 1.54) is 12.2 Å². The van der Waals surface area contributed by atoms with E-state index in [-0.39, 0.29) is 42.9 Å². The summed E-state index contributed by atoms with van der Waals surface area (Å²) in [6.07, 6.45) is 8.10. The van der Waals surface area contributed by atoms with E-state index in [0.29, 0.717) is 82.6 Å². The summed E-state index contributed by atoms with van der Waals surface area (Å²) < 4.78 is 39.1. The highest BCUT2D eigenvalue weighted by atomic mass is 33.1. The molecule has 1 saturated heterocycles. The van der Waals surface area contributed by atoms with Crippen LogP contribution in [-0.2, 0) is 34.0 Å². The van der Waals surface area contributed by atoms with E-state index in [2.05, 4.69) is 21.3 Å². The van der Waals surface area contributed by atoms with Gasteiger partial charge < -0.3 is 35.0 Å². The van der Waals surface area contributed by atoms with Crippen LogP contribution in [0.4, 0.5) is 0 Å². The van der Waals surface area contributed by atoms with E-state index < -0.39 is 32.1 Å². The Bertz CT molecular complexity index is 1260. The van der Waals surface area contributed by atoms with Crippen LogP contribution in [0.3, 0.4) is 0 Å². The zero-order chi connectivity index (χ0) is 40.9. The molecule has 13 nitrogen and oxygen atoms in total. The molecule has 0 spiro atoms. The van der Waals surface area contributed by atoms with Crippen molar-refractivity contribution < 1.29 is 41.4 Å². The predicted molar refractivity (Wildman–Crippen MR) is 220 cm³/mol. The second-order valence-corrected chi connectivity index (χ2v) is 21.0. The minimum absolute atomic E-state index is 0.0330. The van der Waals surface area contributed by atoms with Gasteiger partial charge in [-0.05, 0) is 51.4 Å². The molecule has 1 aliphatic rings. The largest absolute Gasteiger partial charge is 0.748 e. The summed E-state index contributed by atoms with van der Waals surface area (Å²) in [6, 6.07) is 0. The molecular formula is C38H73N5O8S3. The summed E-state index contributed by atoms with van der Waals surface area (Å²) in [5.74, 6) is 0.235. The standard InChI is InChI=1S/C38H73N5O8S3/c1-9-25-51-26-22-42-34(46)37(5,10-2)30-38(6,35(47)41-21-14-23-43(7,8)24-15-28-54(48,49)50)29-36(3,4)33(45)40-20-13-19-39-32(44)17-12-11-16-31-18-27-52-53-31/h31H,9-30H2,1-8H3,(H4-,39,40,41,42,44,45,46,47,48,49,50). The van der Waals surface area contributed by atoms with Gasteiger partial charge in [-0.15, -0.1) is 0 Å². The molecule has 0 aromatic heterocycles. The molecule has 0 aromatic carbocycles. The van der Waals surface area contributed by atoms with Crippen LogP contribution < -0.4 is 21.3 Å². The molecule has 0 aliphatic carbocycles. The molecule has 1 aliphatic heterocycles. The van der Waals surface area contributed by atoms with E-state index in [1.54, 1.807) is 0 Å². The molecule has 1 heterocycles. The highest BCUT2D eigenvalue weighted by Crippen LogP contribution is 2.44. The van der Waals surface area contributed by atoms with Gasteiger partial charge in [0.1, 0.15) is 0 Å². The third kappa shape index (κ3) is 21.1. The third-order valence-corrected chi connectivity index (χ3v) is 14.0. The lowest BCUT2D eigenvalue weighted by atomic mass is 9.64. The second kappa shape index (κ2) is 24.9. The van der Waals surface area contributed by atoms with Crippen molar-refractivity contribution in [3.05, 3.63) is 0 Å². The van der Waals surface area contributed by atoms with Gasteiger partial charge in [-0.1, -0.05) is 69.6 Å². The van der Waals surface area contributed by atoms with Gasteiger partial charge in [0.2, 0.25) is 23.6 Å². The van der Waals surface area contributed by atoms with Crippen molar-refractivity contribution in [3.8, 4) is 0 Å². The van der Waals surface area contributed by atoms with E-state index in [0.717, 1.165) is 30.9 Å². The monoisotopic (exact) mass is 823 g/mol.